The molecule has 3 heterocycles. The van der Waals surface area contributed by atoms with Crippen LogP contribution in [0, 0.1) is 0 Å². The second kappa shape index (κ2) is 9.13. The van der Waals surface area contributed by atoms with Crippen molar-refractivity contribution in [3.8, 4) is 11.5 Å². The molecule has 2 aliphatic heterocycles. The molecule has 1 fully saturated rings. The van der Waals surface area contributed by atoms with Gasteiger partial charge < -0.3 is 24.5 Å². The number of aromatic nitrogens is 2. The fourth-order valence-corrected chi connectivity index (χ4v) is 4.48. The van der Waals surface area contributed by atoms with E-state index in [9.17, 15) is 9.59 Å². The number of hydrogen-bond acceptors (Lipinski definition) is 6. The topological polar surface area (TPSA) is 106 Å². The molecule has 35 heavy (non-hydrogen) atoms. The number of piperidine rings is 1. The number of rotatable bonds is 3. The van der Waals surface area contributed by atoms with Crippen LogP contribution in [0.4, 0.5) is 4.79 Å². The number of fused-ring (bicyclic) bond motifs is 2. The highest BCUT2D eigenvalue weighted by molar-refractivity contribution is 5.95. The Bertz CT molecular complexity index is 1220. The van der Waals surface area contributed by atoms with Crippen LogP contribution in [0.5, 0.6) is 11.5 Å². The van der Waals surface area contributed by atoms with Crippen LogP contribution in [0.1, 0.15) is 55.8 Å². The van der Waals surface area contributed by atoms with Crippen molar-refractivity contribution in [2.75, 3.05) is 19.8 Å². The van der Waals surface area contributed by atoms with Gasteiger partial charge in [0.1, 0.15) is 24.6 Å². The van der Waals surface area contributed by atoms with Gasteiger partial charge in [-0.05, 0) is 63.9 Å². The van der Waals surface area contributed by atoms with Crippen LogP contribution in [0.15, 0.2) is 42.5 Å². The quantitative estimate of drug-likeness (QED) is 0.584. The minimum absolute atomic E-state index is 0.146. The lowest BCUT2D eigenvalue weighted by atomic mass is 9.96. The highest BCUT2D eigenvalue weighted by Gasteiger charge is 2.37. The van der Waals surface area contributed by atoms with Crippen molar-refractivity contribution in [2.45, 2.75) is 51.3 Å². The van der Waals surface area contributed by atoms with Gasteiger partial charge in [0.2, 0.25) is 0 Å². The number of H-pyrrole nitrogens is 1. The molecule has 1 saturated heterocycles. The molecule has 2 atom stereocenters. The lowest BCUT2D eigenvalue weighted by Gasteiger charge is -2.39. The molecule has 2 aromatic carbocycles. The molecule has 2 N–H and O–H groups in total. The van der Waals surface area contributed by atoms with Gasteiger partial charge in [-0.3, -0.25) is 9.69 Å². The fourth-order valence-electron chi connectivity index (χ4n) is 4.48. The number of likely N-dealkylation sites (tertiary alicyclic amines) is 1. The van der Waals surface area contributed by atoms with Crippen LogP contribution in [-0.4, -0.2) is 58.3 Å². The molecule has 1 aromatic heterocycles. The summed E-state index contributed by atoms with van der Waals surface area (Å²) in [5.74, 6) is 1.70. The van der Waals surface area contributed by atoms with E-state index in [0.29, 0.717) is 55.5 Å². The van der Waals surface area contributed by atoms with Crippen molar-refractivity contribution in [2.24, 2.45) is 0 Å². The van der Waals surface area contributed by atoms with Gasteiger partial charge in [-0.1, -0.05) is 12.1 Å². The first-order valence-electron chi connectivity index (χ1n) is 11.9. The number of nitrogens with one attached hydrogen (secondary N) is 2. The van der Waals surface area contributed by atoms with E-state index in [1.807, 2.05) is 45.0 Å². The second-order valence-electron chi connectivity index (χ2n) is 9.88. The van der Waals surface area contributed by atoms with Gasteiger partial charge in [-0.2, -0.15) is 0 Å². The smallest absolute Gasteiger partial charge is 0.410 e. The van der Waals surface area contributed by atoms with E-state index in [1.165, 1.54) is 0 Å². The fraction of sp³-hybridized carbons (Fsp3) is 0.423. The standard InChI is InChI=1S/C26H30N4O5/c1-26(2,3)35-25(32)30-11-10-17(15-20(30)23-28-18-6-4-5-7-19(18)29-23)27-24(31)16-8-9-21-22(14-16)34-13-12-33-21/h4-9,14,17,20H,10-13,15H2,1-3H3,(H,27,31)(H,28,29). The summed E-state index contributed by atoms with van der Waals surface area (Å²) in [5.41, 5.74) is 1.62. The molecule has 5 rings (SSSR count). The van der Waals surface area contributed by atoms with E-state index in [0.717, 1.165) is 11.0 Å². The number of imidazole rings is 1. The maximum atomic E-state index is 13.0. The summed E-state index contributed by atoms with van der Waals surface area (Å²) in [6, 6.07) is 12.4. The Morgan fingerprint density at radius 1 is 1.11 bits per heavy atom. The zero-order valence-electron chi connectivity index (χ0n) is 20.2. The van der Waals surface area contributed by atoms with Gasteiger partial charge in [-0.25, -0.2) is 9.78 Å². The lowest BCUT2D eigenvalue weighted by molar-refractivity contribution is 0.00580. The van der Waals surface area contributed by atoms with Crippen LogP contribution >= 0.6 is 0 Å². The molecule has 0 aliphatic carbocycles. The van der Waals surface area contributed by atoms with Gasteiger partial charge in [0, 0.05) is 18.2 Å². The van der Waals surface area contributed by atoms with E-state index in [1.54, 1.807) is 23.1 Å². The Morgan fingerprint density at radius 2 is 1.89 bits per heavy atom. The number of ether oxygens (including phenoxy) is 3. The third-order valence-corrected chi connectivity index (χ3v) is 6.09. The SMILES string of the molecule is CC(C)(C)OC(=O)N1CCC(NC(=O)c2ccc3c(c2)OCCO3)CC1c1nc2ccccc2[nH]1. The molecule has 2 unspecified atom stereocenters. The summed E-state index contributed by atoms with van der Waals surface area (Å²) in [5, 5.41) is 3.13. The Labute approximate surface area is 203 Å². The van der Waals surface area contributed by atoms with Crippen molar-refractivity contribution in [3.05, 3.63) is 53.9 Å². The van der Waals surface area contributed by atoms with Crippen LogP contribution in [0.25, 0.3) is 11.0 Å². The van der Waals surface area contributed by atoms with Crippen LogP contribution in [-0.2, 0) is 4.74 Å². The van der Waals surface area contributed by atoms with E-state index in [4.69, 9.17) is 19.2 Å². The van der Waals surface area contributed by atoms with Gasteiger partial charge in [0.05, 0.1) is 17.1 Å². The monoisotopic (exact) mass is 478 g/mol. The van der Waals surface area contributed by atoms with E-state index in [2.05, 4.69) is 10.3 Å². The first kappa shape index (κ1) is 23.0. The van der Waals surface area contributed by atoms with Crippen molar-refractivity contribution in [1.29, 1.82) is 0 Å². The molecule has 0 bridgehead atoms. The number of amides is 2. The molecule has 0 radical (unpaired) electrons. The average Bonchev–Trinajstić information content (AvgIpc) is 3.27. The van der Waals surface area contributed by atoms with E-state index in [-0.39, 0.29) is 24.1 Å². The van der Waals surface area contributed by atoms with Gasteiger partial charge in [0.25, 0.3) is 5.91 Å². The van der Waals surface area contributed by atoms with Gasteiger partial charge in [-0.15, -0.1) is 0 Å². The molecule has 9 nitrogen and oxygen atoms in total. The summed E-state index contributed by atoms with van der Waals surface area (Å²) in [6.45, 7) is 6.94. The molecule has 2 amide bonds. The van der Waals surface area contributed by atoms with Crippen molar-refractivity contribution in [1.82, 2.24) is 20.2 Å². The minimum Gasteiger partial charge on any atom is -0.486 e. The zero-order chi connectivity index (χ0) is 24.6. The second-order valence-corrected chi connectivity index (χ2v) is 9.88. The molecule has 0 spiro atoms. The summed E-state index contributed by atoms with van der Waals surface area (Å²) in [6.07, 6.45) is 0.723. The number of para-hydroxylation sites is 2. The number of nitrogens with zero attached hydrogens (tertiary/aromatic N) is 2. The highest BCUT2D eigenvalue weighted by Crippen LogP contribution is 2.33. The predicted molar refractivity (Wildman–Crippen MR) is 130 cm³/mol. The largest absolute Gasteiger partial charge is 0.486 e. The Hall–Kier alpha value is -3.75. The number of carbonyl (C=O) groups excluding carboxylic acids is 2. The molecular formula is C26H30N4O5. The molecular weight excluding hydrogens is 448 g/mol. The predicted octanol–water partition coefficient (Wildman–Crippen LogP) is 4.20. The molecule has 0 saturated carbocycles. The first-order chi connectivity index (χ1) is 16.8. The average molecular weight is 479 g/mol. The normalized spacial score (nSPS) is 19.9. The minimum atomic E-state index is -0.612. The van der Waals surface area contributed by atoms with E-state index >= 15 is 0 Å². The van der Waals surface area contributed by atoms with Crippen LogP contribution in [0.3, 0.4) is 0 Å². The highest BCUT2D eigenvalue weighted by atomic mass is 16.6. The van der Waals surface area contributed by atoms with Crippen LogP contribution in [0.2, 0.25) is 0 Å². The number of benzene rings is 2. The van der Waals surface area contributed by atoms with Crippen molar-refractivity contribution < 1.29 is 23.8 Å². The summed E-state index contributed by atoms with van der Waals surface area (Å²) < 4.78 is 16.8. The van der Waals surface area contributed by atoms with Gasteiger partial charge in [0.15, 0.2) is 11.5 Å². The third-order valence-electron chi connectivity index (χ3n) is 6.09. The van der Waals surface area contributed by atoms with Gasteiger partial charge >= 0.3 is 6.09 Å². The maximum Gasteiger partial charge on any atom is 0.410 e. The lowest BCUT2D eigenvalue weighted by Crippen LogP contribution is -2.49. The summed E-state index contributed by atoms with van der Waals surface area (Å²) >= 11 is 0. The molecule has 9 heteroatoms. The molecule has 184 valence electrons. The summed E-state index contributed by atoms with van der Waals surface area (Å²) in [7, 11) is 0. The molecule has 3 aromatic rings. The maximum absolute atomic E-state index is 13.0. The Balaban J connectivity index is 1.36. The van der Waals surface area contributed by atoms with E-state index < -0.39 is 5.60 Å². The van der Waals surface area contributed by atoms with Crippen molar-refractivity contribution in [3.63, 3.8) is 0 Å². The Kier molecular flexibility index (Phi) is 6.00. The number of aromatic amines is 1. The number of carbonyl (C=O) groups is 2. The third kappa shape index (κ3) is 5.03. The molecule has 2 aliphatic rings. The zero-order valence-corrected chi connectivity index (χ0v) is 20.2. The summed E-state index contributed by atoms with van der Waals surface area (Å²) in [4.78, 5) is 35.9. The Morgan fingerprint density at radius 3 is 2.66 bits per heavy atom. The first-order valence-corrected chi connectivity index (χ1v) is 11.9. The van der Waals surface area contributed by atoms with Crippen molar-refractivity contribution >= 4 is 23.0 Å². The van der Waals surface area contributed by atoms with Crippen LogP contribution < -0.4 is 14.8 Å². The number of hydrogen-bond donors (Lipinski definition) is 2.